The molecule has 0 unspecified atom stereocenters. The van der Waals surface area contributed by atoms with E-state index in [0.29, 0.717) is 33.8 Å². The summed E-state index contributed by atoms with van der Waals surface area (Å²) in [6, 6.07) is 12.0. The van der Waals surface area contributed by atoms with Gasteiger partial charge in [0.25, 0.3) is 5.91 Å². The number of halogens is 3. The number of nitrogens with zero attached hydrogens (tertiary/aromatic N) is 9. The molecule has 0 aliphatic carbocycles. The first-order valence-electron chi connectivity index (χ1n) is 16.2. The third-order valence-electron chi connectivity index (χ3n) is 9.22. The molecule has 0 spiro atoms. The molecule has 5 aromatic rings. The number of likely N-dealkylation sites (N-methyl/N-ethyl adjacent to an activating group) is 1. The van der Waals surface area contributed by atoms with E-state index >= 15 is 8.78 Å². The molecule has 2 aliphatic rings. The lowest BCUT2D eigenvalue weighted by Gasteiger charge is -2.39. The normalized spacial score (nSPS) is 18.5. The quantitative estimate of drug-likeness (QED) is 0.146. The van der Waals surface area contributed by atoms with Gasteiger partial charge in [0.2, 0.25) is 6.54 Å². The van der Waals surface area contributed by atoms with E-state index in [1.807, 2.05) is 36.2 Å². The molecule has 1 amide bonds. The van der Waals surface area contributed by atoms with Crippen molar-refractivity contribution in [3.63, 3.8) is 0 Å². The van der Waals surface area contributed by atoms with Crippen molar-refractivity contribution < 1.29 is 18.3 Å². The fourth-order valence-electron chi connectivity index (χ4n) is 6.64. The van der Waals surface area contributed by atoms with E-state index in [2.05, 4.69) is 29.7 Å². The number of piperazine rings is 1. The van der Waals surface area contributed by atoms with Gasteiger partial charge in [0, 0.05) is 66.3 Å². The lowest BCUT2D eigenvalue weighted by atomic mass is 10.0. The molecule has 50 heavy (non-hydrogen) atoms. The van der Waals surface area contributed by atoms with Gasteiger partial charge >= 0.3 is 6.01 Å². The summed E-state index contributed by atoms with van der Waals surface area (Å²) in [6.07, 6.45) is 7.40. The summed E-state index contributed by atoms with van der Waals surface area (Å²) >= 11 is 6.59. The fraction of sp³-hybridized carbons (Fsp3) is 0.306. The maximum absolute atomic E-state index is 16.7. The maximum atomic E-state index is 16.7. The molecular weight excluding hydrogens is 664 g/mol. The van der Waals surface area contributed by atoms with Crippen molar-refractivity contribution in [1.82, 2.24) is 34.7 Å². The SMILES string of the molecule is [C-]#[N+]C[C@H]1CN(c2nc(OC[C@@H]3CCCN3C)nc3c(F)c(-c4cccc5cccc(Cl)c45)ncc23)CCN1C(=O)/C(F)=C/c1ncccn1. The molecule has 11 nitrogen and oxygen atoms in total. The van der Waals surface area contributed by atoms with Crippen LogP contribution in [-0.4, -0.2) is 99.1 Å². The van der Waals surface area contributed by atoms with E-state index in [4.69, 9.17) is 27.9 Å². The maximum Gasteiger partial charge on any atom is 0.319 e. The second kappa shape index (κ2) is 14.3. The van der Waals surface area contributed by atoms with Gasteiger partial charge in [0.1, 0.15) is 29.7 Å². The summed E-state index contributed by atoms with van der Waals surface area (Å²) in [5.41, 5.74) is 0.604. The number of fused-ring (bicyclic) bond motifs is 2. The Morgan fingerprint density at radius 1 is 1.08 bits per heavy atom. The summed E-state index contributed by atoms with van der Waals surface area (Å²) in [4.78, 5) is 44.0. The third kappa shape index (κ3) is 6.51. The molecule has 3 aromatic heterocycles. The molecule has 2 aliphatic heterocycles. The van der Waals surface area contributed by atoms with E-state index in [0.717, 1.165) is 30.8 Å². The number of hydrogen-bond donors (Lipinski definition) is 0. The third-order valence-corrected chi connectivity index (χ3v) is 9.53. The summed E-state index contributed by atoms with van der Waals surface area (Å²) in [7, 11) is 2.03. The fourth-order valence-corrected chi connectivity index (χ4v) is 6.93. The highest BCUT2D eigenvalue weighted by Gasteiger charge is 2.36. The Morgan fingerprint density at radius 3 is 2.64 bits per heavy atom. The van der Waals surface area contributed by atoms with Crippen molar-refractivity contribution in [1.29, 1.82) is 0 Å². The molecule has 2 fully saturated rings. The van der Waals surface area contributed by atoms with Gasteiger partial charge in [-0.1, -0.05) is 41.9 Å². The zero-order valence-corrected chi connectivity index (χ0v) is 27.9. The average Bonchev–Trinajstić information content (AvgIpc) is 3.55. The largest absolute Gasteiger partial charge is 0.462 e. The summed E-state index contributed by atoms with van der Waals surface area (Å²) in [5.74, 6) is -2.17. The molecule has 14 heteroatoms. The smallest absolute Gasteiger partial charge is 0.319 e. The average molecular weight is 696 g/mol. The van der Waals surface area contributed by atoms with Crippen LogP contribution >= 0.6 is 11.6 Å². The van der Waals surface area contributed by atoms with Crippen molar-refractivity contribution >= 4 is 51.1 Å². The highest BCUT2D eigenvalue weighted by molar-refractivity contribution is 6.36. The predicted octanol–water partition coefficient (Wildman–Crippen LogP) is 5.85. The second-order valence-corrected chi connectivity index (χ2v) is 12.7. The topological polar surface area (TPSA) is 105 Å². The summed E-state index contributed by atoms with van der Waals surface area (Å²) in [5, 5.41) is 2.30. The highest BCUT2D eigenvalue weighted by atomic mass is 35.5. The van der Waals surface area contributed by atoms with Crippen molar-refractivity contribution in [3.8, 4) is 17.3 Å². The van der Waals surface area contributed by atoms with Crippen LogP contribution in [0.1, 0.15) is 18.7 Å². The number of carbonyl (C=O) groups excluding carboxylic acids is 1. The number of carbonyl (C=O) groups is 1. The first-order chi connectivity index (χ1) is 24.3. The molecule has 0 bridgehead atoms. The number of amides is 1. The predicted molar refractivity (Wildman–Crippen MR) is 187 cm³/mol. The number of pyridine rings is 1. The van der Waals surface area contributed by atoms with Gasteiger partial charge in [-0.15, -0.1) is 0 Å². The van der Waals surface area contributed by atoms with Crippen molar-refractivity contribution in [3.05, 3.63) is 95.0 Å². The number of likely N-dealkylation sites (tertiary alicyclic amines) is 1. The Kier molecular flexibility index (Phi) is 9.47. The molecule has 0 saturated carbocycles. The molecule has 254 valence electrons. The van der Waals surface area contributed by atoms with E-state index in [1.54, 1.807) is 18.2 Å². The van der Waals surface area contributed by atoms with Crippen LogP contribution in [0.15, 0.2) is 66.9 Å². The van der Waals surface area contributed by atoms with Crippen LogP contribution in [-0.2, 0) is 4.79 Å². The Morgan fingerprint density at radius 2 is 1.88 bits per heavy atom. The Hall–Kier alpha value is -5.32. The molecular formula is C36H32ClF2N9O2. The zero-order valence-electron chi connectivity index (χ0n) is 27.1. The Bertz CT molecular complexity index is 2140. The van der Waals surface area contributed by atoms with Crippen molar-refractivity contribution in [2.24, 2.45) is 0 Å². The number of rotatable bonds is 8. The molecule has 2 atom stereocenters. The van der Waals surface area contributed by atoms with Crippen LogP contribution in [0.4, 0.5) is 14.6 Å². The van der Waals surface area contributed by atoms with Gasteiger partial charge in [0.05, 0.1) is 5.39 Å². The van der Waals surface area contributed by atoms with E-state index < -0.39 is 23.6 Å². The monoisotopic (exact) mass is 695 g/mol. The zero-order chi connectivity index (χ0) is 34.8. The minimum atomic E-state index is -1.04. The minimum absolute atomic E-state index is 0.00289. The van der Waals surface area contributed by atoms with Crippen LogP contribution in [0.2, 0.25) is 5.02 Å². The molecule has 2 saturated heterocycles. The van der Waals surface area contributed by atoms with Crippen LogP contribution in [0.3, 0.4) is 0 Å². The molecule has 2 aromatic carbocycles. The van der Waals surface area contributed by atoms with Gasteiger partial charge in [0.15, 0.2) is 17.5 Å². The van der Waals surface area contributed by atoms with Crippen LogP contribution in [0.25, 0.3) is 43.9 Å². The van der Waals surface area contributed by atoms with Gasteiger partial charge in [-0.3, -0.25) is 9.78 Å². The highest BCUT2D eigenvalue weighted by Crippen LogP contribution is 2.37. The van der Waals surface area contributed by atoms with Gasteiger partial charge in [-0.2, -0.15) is 9.97 Å². The van der Waals surface area contributed by atoms with Crippen molar-refractivity contribution in [2.75, 3.05) is 51.3 Å². The van der Waals surface area contributed by atoms with Gasteiger partial charge in [-0.25, -0.2) is 25.3 Å². The lowest BCUT2D eigenvalue weighted by Crippen LogP contribution is -2.56. The van der Waals surface area contributed by atoms with E-state index in [9.17, 15) is 4.79 Å². The van der Waals surface area contributed by atoms with E-state index in [-0.39, 0.29) is 55.3 Å². The van der Waals surface area contributed by atoms with E-state index in [1.165, 1.54) is 23.5 Å². The summed E-state index contributed by atoms with van der Waals surface area (Å²) in [6.45, 7) is 9.18. The molecule has 7 rings (SSSR count). The minimum Gasteiger partial charge on any atom is -0.462 e. The first-order valence-corrected chi connectivity index (χ1v) is 16.6. The summed E-state index contributed by atoms with van der Waals surface area (Å²) < 4.78 is 38.0. The van der Waals surface area contributed by atoms with Gasteiger partial charge in [-0.05, 0) is 44.0 Å². The number of benzene rings is 2. The molecule has 0 radical (unpaired) electrons. The number of aromatic nitrogens is 5. The first kappa shape index (κ1) is 33.2. The standard InChI is InChI=1S/C36H32ClF2N9O2/c1-40-18-24-20-47(15-16-48(24)35(49)28(38)17-29-41-12-6-13-42-29)34-26-19-43-32(25-10-3-7-22-8-4-11-27(37)30(22)25)31(39)33(26)44-36(45-34)50-21-23-9-5-14-46(23)2/h3-4,6-8,10-13,17,19,23-24H,5,9,14-16,18,20-21H2,2H3/b28-17-/t23-,24-/m0/s1. The number of ether oxygens (including phenoxy) is 1. The molecule has 0 N–H and O–H groups in total. The van der Waals surface area contributed by atoms with Crippen LogP contribution < -0.4 is 9.64 Å². The Labute approximate surface area is 292 Å². The van der Waals surface area contributed by atoms with Crippen LogP contribution in [0.5, 0.6) is 6.01 Å². The van der Waals surface area contributed by atoms with Crippen molar-refractivity contribution in [2.45, 2.75) is 24.9 Å². The second-order valence-electron chi connectivity index (χ2n) is 12.3. The Balaban J connectivity index is 1.27. The number of anilines is 1. The van der Waals surface area contributed by atoms with Gasteiger partial charge < -0.3 is 24.3 Å². The molecule has 5 heterocycles. The van der Waals surface area contributed by atoms with Crippen LogP contribution in [0, 0.1) is 12.4 Å². The lowest BCUT2D eigenvalue weighted by molar-refractivity contribution is -0.130. The number of hydrogen-bond acceptors (Lipinski definition) is 9.